The van der Waals surface area contributed by atoms with Crippen LogP contribution in [0.4, 0.5) is 0 Å². The van der Waals surface area contributed by atoms with Crippen LogP contribution < -0.4 is 10.1 Å². The van der Waals surface area contributed by atoms with Gasteiger partial charge in [0, 0.05) is 5.02 Å². The smallest absolute Gasteiger partial charge is 0.344 e. The number of carbonyl (C=O) groups excluding carboxylic acids is 2. The summed E-state index contributed by atoms with van der Waals surface area (Å²) in [7, 11) is 0. The van der Waals surface area contributed by atoms with E-state index in [1.165, 1.54) is 5.56 Å². The Hall–Kier alpha value is -2.53. The van der Waals surface area contributed by atoms with Gasteiger partial charge in [-0.15, -0.1) is 0 Å². The van der Waals surface area contributed by atoms with Gasteiger partial charge in [0.25, 0.3) is 5.91 Å². The Labute approximate surface area is 163 Å². The number of halogens is 1. The first-order chi connectivity index (χ1) is 13.0. The van der Waals surface area contributed by atoms with Crippen LogP contribution in [0, 0.1) is 0 Å². The molecule has 0 unspecified atom stereocenters. The third-order valence-corrected chi connectivity index (χ3v) is 4.75. The number of benzene rings is 2. The Balaban J connectivity index is 1.50. The van der Waals surface area contributed by atoms with Crippen molar-refractivity contribution in [1.29, 1.82) is 0 Å². The van der Waals surface area contributed by atoms with E-state index in [1.807, 2.05) is 18.2 Å². The Morgan fingerprint density at radius 3 is 2.85 bits per heavy atom. The molecule has 1 aliphatic carbocycles. The van der Waals surface area contributed by atoms with Gasteiger partial charge in [-0.05, 0) is 55.5 Å². The number of aryl methyl sites for hydroxylation is 1. The van der Waals surface area contributed by atoms with Gasteiger partial charge in [0.2, 0.25) is 0 Å². The van der Waals surface area contributed by atoms with E-state index in [0.29, 0.717) is 10.8 Å². The van der Waals surface area contributed by atoms with Gasteiger partial charge in [-0.3, -0.25) is 4.79 Å². The highest BCUT2D eigenvalue weighted by molar-refractivity contribution is 6.30. The second-order valence-corrected chi connectivity index (χ2v) is 6.97. The molecule has 0 spiro atoms. The SMILES string of the molecule is C[C@H](OC(=O)COc1cccc(Cl)c1)C(=O)N[C@@H]1CCCc2ccccc21. The fourth-order valence-corrected chi connectivity index (χ4v) is 3.36. The van der Waals surface area contributed by atoms with E-state index in [9.17, 15) is 9.59 Å². The molecule has 0 aromatic heterocycles. The molecule has 5 nitrogen and oxygen atoms in total. The fraction of sp³-hybridized carbons (Fsp3) is 0.333. The number of nitrogens with one attached hydrogen (secondary N) is 1. The zero-order valence-corrected chi connectivity index (χ0v) is 15.9. The van der Waals surface area contributed by atoms with E-state index in [0.717, 1.165) is 24.8 Å². The average Bonchev–Trinajstić information content (AvgIpc) is 2.66. The van der Waals surface area contributed by atoms with Gasteiger partial charge in [0.15, 0.2) is 12.7 Å². The Bertz CT molecular complexity index is 823. The molecule has 0 bridgehead atoms. The van der Waals surface area contributed by atoms with E-state index in [1.54, 1.807) is 31.2 Å². The lowest BCUT2D eigenvalue weighted by molar-refractivity contribution is -0.156. The summed E-state index contributed by atoms with van der Waals surface area (Å²) in [5.74, 6) is -0.454. The molecular formula is C21H22ClNO4. The van der Waals surface area contributed by atoms with Crippen LogP contribution in [-0.2, 0) is 20.7 Å². The summed E-state index contributed by atoms with van der Waals surface area (Å²) in [6, 6.07) is 14.8. The lowest BCUT2D eigenvalue weighted by Crippen LogP contribution is -2.39. The number of ether oxygens (including phenoxy) is 2. The van der Waals surface area contributed by atoms with Gasteiger partial charge in [0.05, 0.1) is 6.04 Å². The van der Waals surface area contributed by atoms with Gasteiger partial charge < -0.3 is 14.8 Å². The first-order valence-electron chi connectivity index (χ1n) is 8.99. The minimum absolute atomic E-state index is 0.0497. The highest BCUT2D eigenvalue weighted by Crippen LogP contribution is 2.29. The fourth-order valence-electron chi connectivity index (χ4n) is 3.18. The average molecular weight is 388 g/mol. The second kappa shape index (κ2) is 8.91. The number of hydrogen-bond acceptors (Lipinski definition) is 4. The van der Waals surface area contributed by atoms with Crippen LogP contribution >= 0.6 is 11.6 Å². The van der Waals surface area contributed by atoms with Gasteiger partial charge in [0.1, 0.15) is 5.75 Å². The van der Waals surface area contributed by atoms with Gasteiger partial charge in [-0.2, -0.15) is 0 Å². The van der Waals surface area contributed by atoms with Crippen LogP contribution in [0.5, 0.6) is 5.75 Å². The van der Waals surface area contributed by atoms with E-state index >= 15 is 0 Å². The number of esters is 1. The lowest BCUT2D eigenvalue weighted by Gasteiger charge is -2.27. The summed E-state index contributed by atoms with van der Waals surface area (Å²) in [5, 5.41) is 3.50. The monoisotopic (exact) mass is 387 g/mol. The molecule has 0 heterocycles. The van der Waals surface area contributed by atoms with Crippen LogP contribution in [0.3, 0.4) is 0 Å². The predicted octanol–water partition coefficient (Wildman–Crippen LogP) is 3.84. The normalized spacial score (nSPS) is 16.7. The third-order valence-electron chi connectivity index (χ3n) is 4.52. The van der Waals surface area contributed by atoms with Crippen LogP contribution in [0.15, 0.2) is 48.5 Å². The lowest BCUT2D eigenvalue weighted by atomic mass is 9.87. The number of hydrogen-bond donors (Lipinski definition) is 1. The topological polar surface area (TPSA) is 64.6 Å². The van der Waals surface area contributed by atoms with Crippen LogP contribution in [0.2, 0.25) is 5.02 Å². The van der Waals surface area contributed by atoms with Crippen LogP contribution in [0.1, 0.15) is 36.9 Å². The van der Waals surface area contributed by atoms with E-state index < -0.39 is 12.1 Å². The number of fused-ring (bicyclic) bond motifs is 1. The highest BCUT2D eigenvalue weighted by atomic mass is 35.5. The summed E-state index contributed by atoms with van der Waals surface area (Å²) < 4.78 is 10.5. The molecule has 0 aliphatic heterocycles. The zero-order chi connectivity index (χ0) is 19.2. The molecule has 142 valence electrons. The van der Waals surface area contributed by atoms with Gasteiger partial charge in [-0.1, -0.05) is 41.9 Å². The van der Waals surface area contributed by atoms with Crippen molar-refractivity contribution in [3.63, 3.8) is 0 Å². The minimum Gasteiger partial charge on any atom is -0.482 e. The standard InChI is InChI=1S/C21H22ClNO4/c1-14(27-20(24)13-26-17-9-5-8-16(22)12-17)21(25)23-19-11-4-7-15-6-2-3-10-18(15)19/h2-3,5-6,8-10,12,14,19H,4,7,11,13H2,1H3,(H,23,25)/t14-,19+/m0/s1. The maximum absolute atomic E-state index is 12.4. The molecule has 3 rings (SSSR count). The van der Waals surface area contributed by atoms with Crippen LogP contribution in [-0.4, -0.2) is 24.6 Å². The minimum atomic E-state index is -0.894. The summed E-state index contributed by atoms with van der Waals surface area (Å²) >= 11 is 5.87. The molecule has 6 heteroatoms. The molecule has 1 amide bonds. The van der Waals surface area contributed by atoms with E-state index in [4.69, 9.17) is 21.1 Å². The van der Waals surface area contributed by atoms with E-state index in [-0.39, 0.29) is 18.6 Å². The van der Waals surface area contributed by atoms with Crippen molar-refractivity contribution < 1.29 is 19.1 Å². The molecule has 2 aromatic rings. The van der Waals surface area contributed by atoms with Gasteiger partial charge in [-0.25, -0.2) is 4.79 Å². The first-order valence-corrected chi connectivity index (χ1v) is 9.37. The maximum Gasteiger partial charge on any atom is 0.344 e. The summed E-state index contributed by atoms with van der Waals surface area (Å²) in [6.07, 6.45) is 2.02. The molecule has 0 fully saturated rings. The Morgan fingerprint density at radius 1 is 1.22 bits per heavy atom. The highest BCUT2D eigenvalue weighted by Gasteiger charge is 2.25. The number of amides is 1. The number of carbonyl (C=O) groups is 2. The molecule has 0 saturated heterocycles. The largest absolute Gasteiger partial charge is 0.482 e. The summed E-state index contributed by atoms with van der Waals surface area (Å²) in [4.78, 5) is 24.4. The molecule has 0 radical (unpaired) electrons. The van der Waals surface area contributed by atoms with Crippen molar-refractivity contribution in [2.75, 3.05) is 6.61 Å². The summed E-state index contributed by atoms with van der Waals surface area (Å²) in [5.41, 5.74) is 2.40. The maximum atomic E-state index is 12.4. The van der Waals surface area contributed by atoms with Crippen molar-refractivity contribution in [3.05, 3.63) is 64.7 Å². The number of rotatable bonds is 6. The van der Waals surface area contributed by atoms with Crippen molar-refractivity contribution in [2.24, 2.45) is 0 Å². The molecule has 2 atom stereocenters. The summed E-state index contributed by atoms with van der Waals surface area (Å²) in [6.45, 7) is 1.27. The molecule has 1 N–H and O–H groups in total. The quantitative estimate of drug-likeness (QED) is 0.765. The van der Waals surface area contributed by atoms with Crippen molar-refractivity contribution in [2.45, 2.75) is 38.3 Å². The van der Waals surface area contributed by atoms with E-state index in [2.05, 4.69) is 11.4 Å². The van der Waals surface area contributed by atoms with Gasteiger partial charge >= 0.3 is 5.97 Å². The Kier molecular flexibility index (Phi) is 6.35. The van der Waals surface area contributed by atoms with Crippen molar-refractivity contribution in [3.8, 4) is 5.75 Å². The van der Waals surface area contributed by atoms with Crippen LogP contribution in [0.25, 0.3) is 0 Å². The third kappa shape index (κ3) is 5.23. The molecule has 0 saturated carbocycles. The first kappa shape index (κ1) is 19.2. The molecule has 2 aromatic carbocycles. The predicted molar refractivity (Wildman–Crippen MR) is 103 cm³/mol. The zero-order valence-electron chi connectivity index (χ0n) is 15.1. The molecular weight excluding hydrogens is 366 g/mol. The van der Waals surface area contributed by atoms with Crippen molar-refractivity contribution in [1.82, 2.24) is 5.32 Å². The second-order valence-electron chi connectivity index (χ2n) is 6.53. The molecule has 1 aliphatic rings. The molecule has 27 heavy (non-hydrogen) atoms. The Morgan fingerprint density at radius 2 is 2.04 bits per heavy atom. The van der Waals surface area contributed by atoms with Crippen molar-refractivity contribution >= 4 is 23.5 Å².